The Kier molecular flexibility index (Phi) is 5.11. The van der Waals surface area contributed by atoms with Crippen molar-refractivity contribution in [3.63, 3.8) is 0 Å². The van der Waals surface area contributed by atoms with Crippen molar-refractivity contribution in [1.29, 1.82) is 0 Å². The van der Waals surface area contributed by atoms with Crippen LogP contribution in [0.2, 0.25) is 0 Å². The summed E-state index contributed by atoms with van der Waals surface area (Å²) >= 11 is 0. The van der Waals surface area contributed by atoms with Crippen LogP contribution >= 0.6 is 0 Å². The maximum absolute atomic E-state index is 11.8. The van der Waals surface area contributed by atoms with Crippen molar-refractivity contribution in [3.05, 3.63) is 11.5 Å². The quantitative estimate of drug-likeness (QED) is 0.481. The summed E-state index contributed by atoms with van der Waals surface area (Å²) in [6, 6.07) is 0. The second-order valence-electron chi connectivity index (χ2n) is 2.34. The first-order chi connectivity index (χ1) is 5.06. The van der Waals surface area contributed by atoms with Crippen LogP contribution in [0.25, 0.3) is 0 Å². The molecular formula is C7H13FO2S. The van der Waals surface area contributed by atoms with E-state index >= 15 is 0 Å². The zero-order chi connectivity index (χ0) is 8.74. The fourth-order valence-corrected chi connectivity index (χ4v) is 1.06. The molecule has 0 rings (SSSR count). The van der Waals surface area contributed by atoms with E-state index in [0.717, 1.165) is 19.3 Å². The lowest BCUT2D eigenvalue weighted by molar-refractivity contribution is 0.562. The molecule has 0 aliphatic rings. The monoisotopic (exact) mass is 180 g/mol. The Balaban J connectivity index is 3.46. The Morgan fingerprint density at radius 1 is 1.36 bits per heavy atom. The molecule has 0 spiro atoms. The topological polar surface area (TPSA) is 34.1 Å². The number of hydrogen-bond donors (Lipinski definition) is 0. The van der Waals surface area contributed by atoms with Gasteiger partial charge in [-0.2, -0.15) is 8.42 Å². The zero-order valence-corrected chi connectivity index (χ0v) is 7.40. The third-order valence-electron chi connectivity index (χ3n) is 1.23. The maximum Gasteiger partial charge on any atom is 0.324 e. The molecule has 0 aromatic carbocycles. The second-order valence-corrected chi connectivity index (χ2v) is 3.57. The van der Waals surface area contributed by atoms with Crippen LogP contribution in [0, 0.1) is 0 Å². The SMILES string of the molecule is CCCCCC=CS(=O)(=O)F. The predicted molar refractivity (Wildman–Crippen MR) is 43.3 cm³/mol. The fraction of sp³-hybridized carbons (Fsp3) is 0.714. The molecule has 0 atom stereocenters. The van der Waals surface area contributed by atoms with Crippen LogP contribution in [0.4, 0.5) is 3.89 Å². The molecule has 0 saturated carbocycles. The van der Waals surface area contributed by atoms with Crippen LogP contribution in [-0.2, 0) is 10.2 Å². The van der Waals surface area contributed by atoms with Crippen molar-refractivity contribution in [3.8, 4) is 0 Å². The van der Waals surface area contributed by atoms with Crippen LogP contribution in [0.1, 0.15) is 32.6 Å². The predicted octanol–water partition coefficient (Wildman–Crippen LogP) is 2.38. The normalized spacial score (nSPS) is 12.5. The van der Waals surface area contributed by atoms with Crippen molar-refractivity contribution in [2.75, 3.05) is 0 Å². The van der Waals surface area contributed by atoms with Gasteiger partial charge in [-0.3, -0.25) is 0 Å². The van der Waals surface area contributed by atoms with Crippen molar-refractivity contribution < 1.29 is 12.3 Å². The minimum Gasteiger partial charge on any atom is -0.190 e. The molecule has 0 aromatic heterocycles. The summed E-state index contributed by atoms with van der Waals surface area (Å²) < 4.78 is 31.6. The van der Waals surface area contributed by atoms with Crippen LogP contribution in [0.15, 0.2) is 11.5 Å². The summed E-state index contributed by atoms with van der Waals surface area (Å²) in [5.41, 5.74) is 0. The van der Waals surface area contributed by atoms with Gasteiger partial charge in [0.1, 0.15) is 0 Å². The van der Waals surface area contributed by atoms with E-state index < -0.39 is 10.2 Å². The first kappa shape index (κ1) is 10.6. The number of allylic oxidation sites excluding steroid dienone is 1. The molecule has 0 fully saturated rings. The molecule has 0 aliphatic heterocycles. The maximum atomic E-state index is 11.8. The van der Waals surface area contributed by atoms with Gasteiger partial charge in [0, 0.05) is 0 Å². The summed E-state index contributed by atoms with van der Waals surface area (Å²) in [5, 5.41) is 0.614. The summed E-state index contributed by atoms with van der Waals surface area (Å²) in [6.07, 6.45) is 5.04. The Bertz CT molecular complexity index is 206. The highest BCUT2D eigenvalue weighted by atomic mass is 32.3. The van der Waals surface area contributed by atoms with Gasteiger partial charge >= 0.3 is 10.2 Å². The largest absolute Gasteiger partial charge is 0.324 e. The molecule has 0 heterocycles. The molecule has 0 amide bonds. The van der Waals surface area contributed by atoms with Gasteiger partial charge < -0.3 is 0 Å². The van der Waals surface area contributed by atoms with Gasteiger partial charge in [0.2, 0.25) is 0 Å². The standard InChI is InChI=1S/C7H13FO2S/c1-2-3-4-5-6-7-11(8,9)10/h6-7H,2-5H2,1H3. The van der Waals surface area contributed by atoms with Crippen LogP contribution in [0.5, 0.6) is 0 Å². The van der Waals surface area contributed by atoms with E-state index in [9.17, 15) is 12.3 Å². The minimum absolute atomic E-state index is 0.614. The number of hydrogen-bond acceptors (Lipinski definition) is 2. The molecule has 0 radical (unpaired) electrons. The fourth-order valence-electron chi connectivity index (χ4n) is 0.695. The lowest BCUT2D eigenvalue weighted by Crippen LogP contribution is -1.80. The van der Waals surface area contributed by atoms with E-state index in [1.165, 1.54) is 6.08 Å². The summed E-state index contributed by atoms with van der Waals surface area (Å²) in [5.74, 6) is 0. The molecule has 0 N–H and O–H groups in total. The summed E-state index contributed by atoms with van der Waals surface area (Å²) in [4.78, 5) is 0. The van der Waals surface area contributed by atoms with Gasteiger partial charge in [-0.05, 0) is 12.8 Å². The summed E-state index contributed by atoms with van der Waals surface area (Å²) in [7, 11) is -4.39. The molecule has 0 aliphatic carbocycles. The average molecular weight is 180 g/mol. The first-order valence-electron chi connectivity index (χ1n) is 3.67. The van der Waals surface area contributed by atoms with Crippen molar-refractivity contribution >= 4 is 10.2 Å². The molecule has 4 heteroatoms. The van der Waals surface area contributed by atoms with Crippen LogP contribution < -0.4 is 0 Å². The highest BCUT2D eigenvalue weighted by Crippen LogP contribution is 2.01. The Morgan fingerprint density at radius 3 is 2.45 bits per heavy atom. The number of unbranched alkanes of at least 4 members (excludes halogenated alkanes) is 3. The highest BCUT2D eigenvalue weighted by Gasteiger charge is 1.96. The van der Waals surface area contributed by atoms with Gasteiger partial charge in [-0.25, -0.2) is 0 Å². The third-order valence-corrected chi connectivity index (χ3v) is 1.75. The molecule has 66 valence electrons. The molecular weight excluding hydrogens is 167 g/mol. The van der Waals surface area contributed by atoms with E-state index in [2.05, 4.69) is 6.92 Å². The van der Waals surface area contributed by atoms with Gasteiger partial charge in [0.05, 0.1) is 5.41 Å². The molecule has 11 heavy (non-hydrogen) atoms. The Labute approximate surface area is 67.3 Å². The molecule has 2 nitrogen and oxygen atoms in total. The second kappa shape index (κ2) is 5.29. The molecule has 0 unspecified atom stereocenters. The smallest absolute Gasteiger partial charge is 0.190 e. The molecule has 0 aromatic rings. The van der Waals surface area contributed by atoms with Gasteiger partial charge in [-0.15, -0.1) is 3.89 Å². The van der Waals surface area contributed by atoms with E-state index in [4.69, 9.17) is 0 Å². The first-order valence-corrected chi connectivity index (χ1v) is 5.12. The minimum atomic E-state index is -4.39. The van der Waals surface area contributed by atoms with Gasteiger partial charge in [0.25, 0.3) is 0 Å². The van der Waals surface area contributed by atoms with E-state index in [-0.39, 0.29) is 0 Å². The van der Waals surface area contributed by atoms with Crippen LogP contribution in [0.3, 0.4) is 0 Å². The van der Waals surface area contributed by atoms with Crippen molar-refractivity contribution in [2.24, 2.45) is 0 Å². The molecule has 0 saturated heterocycles. The highest BCUT2D eigenvalue weighted by molar-refractivity contribution is 7.89. The summed E-state index contributed by atoms with van der Waals surface area (Å²) in [6.45, 7) is 2.05. The van der Waals surface area contributed by atoms with Crippen molar-refractivity contribution in [1.82, 2.24) is 0 Å². The lowest BCUT2D eigenvalue weighted by Gasteiger charge is -1.89. The lowest BCUT2D eigenvalue weighted by atomic mass is 10.2. The van der Waals surface area contributed by atoms with E-state index in [0.29, 0.717) is 11.8 Å². The number of rotatable bonds is 5. The van der Waals surface area contributed by atoms with Crippen molar-refractivity contribution in [2.45, 2.75) is 32.6 Å². The number of halogens is 1. The zero-order valence-electron chi connectivity index (χ0n) is 6.59. The average Bonchev–Trinajstić information content (AvgIpc) is 1.85. The van der Waals surface area contributed by atoms with E-state index in [1.54, 1.807) is 0 Å². The van der Waals surface area contributed by atoms with Gasteiger partial charge in [-0.1, -0.05) is 25.8 Å². The third kappa shape index (κ3) is 9.62. The van der Waals surface area contributed by atoms with E-state index in [1.807, 2.05) is 0 Å². The Hall–Kier alpha value is -0.380. The van der Waals surface area contributed by atoms with Gasteiger partial charge in [0.15, 0.2) is 0 Å². The molecule has 0 bridgehead atoms. The van der Waals surface area contributed by atoms with Crippen LogP contribution in [-0.4, -0.2) is 8.42 Å². The Morgan fingerprint density at radius 2 is 2.00 bits per heavy atom.